The largest absolute Gasteiger partial charge is 0.369 e. The molecule has 0 heterocycles. The number of hydrogen-bond acceptors (Lipinski definition) is 4. The predicted octanol–water partition coefficient (Wildman–Crippen LogP) is 1.69. The third kappa shape index (κ3) is 3.06. The number of allylic oxidation sites excluding steroid dienone is 2. The van der Waals surface area contributed by atoms with Crippen LogP contribution in [0.3, 0.4) is 0 Å². The maximum atomic E-state index is 12.6. The fraction of sp³-hybridized carbons (Fsp3) is 0.500. The van der Waals surface area contributed by atoms with E-state index in [0.717, 1.165) is 35.1 Å². The first-order valence-corrected chi connectivity index (χ1v) is 12.5. The molecule has 0 spiro atoms. The van der Waals surface area contributed by atoms with E-state index in [9.17, 15) is 19.2 Å². The first-order chi connectivity index (χ1) is 16.8. The summed E-state index contributed by atoms with van der Waals surface area (Å²) in [4.78, 5) is 50.3. The standard InChI is InChI=1S/C28H34N4O4/c1-25-7-9-27(13-25,23(31)35)19(21(29)33)17(25)11-15-5-3-4-6-16(15)12-18-20(22(30)34)28(24(32)36)10-8-26(18,2)14-28/h3-6H,7-14H2,1-2H3,(H2,29,33)(H2,30,34)(H2,31,35)(H2,32,36). The smallest absolute Gasteiger partial charge is 0.245 e. The van der Waals surface area contributed by atoms with Crippen molar-refractivity contribution in [2.45, 2.75) is 65.2 Å². The van der Waals surface area contributed by atoms with E-state index in [0.29, 0.717) is 49.7 Å². The van der Waals surface area contributed by atoms with E-state index >= 15 is 0 Å². The Kier molecular flexibility index (Phi) is 5.09. The van der Waals surface area contributed by atoms with E-state index in [4.69, 9.17) is 22.9 Å². The van der Waals surface area contributed by atoms with Crippen molar-refractivity contribution < 1.29 is 19.2 Å². The number of benzene rings is 1. The molecule has 4 amide bonds. The summed E-state index contributed by atoms with van der Waals surface area (Å²) in [6.07, 6.45) is 4.51. The highest BCUT2D eigenvalue weighted by molar-refractivity contribution is 6.05. The van der Waals surface area contributed by atoms with E-state index in [1.54, 1.807) is 0 Å². The second-order valence-electron chi connectivity index (χ2n) is 11.9. The SMILES string of the molecule is CC12CCC(C(N)=O)(C1)C(C(N)=O)=C2Cc1ccccc1CC1=C(C(N)=O)C2(C(N)=O)CCC1(C)C2. The molecule has 4 atom stereocenters. The molecule has 0 saturated heterocycles. The van der Waals surface area contributed by atoms with Gasteiger partial charge in [-0.15, -0.1) is 0 Å². The van der Waals surface area contributed by atoms with Crippen LogP contribution in [0.2, 0.25) is 0 Å². The zero-order valence-corrected chi connectivity index (χ0v) is 20.9. The van der Waals surface area contributed by atoms with Crippen LogP contribution in [0.25, 0.3) is 0 Å². The maximum absolute atomic E-state index is 12.6. The van der Waals surface area contributed by atoms with Gasteiger partial charge in [0.1, 0.15) is 0 Å². The zero-order chi connectivity index (χ0) is 26.3. The Labute approximate surface area is 210 Å². The van der Waals surface area contributed by atoms with E-state index in [1.807, 2.05) is 24.3 Å². The van der Waals surface area contributed by atoms with Gasteiger partial charge in [0.15, 0.2) is 0 Å². The molecule has 0 radical (unpaired) electrons. The molecule has 4 bridgehead atoms. The number of amides is 4. The fourth-order valence-corrected chi connectivity index (χ4v) is 8.11. The Balaban J connectivity index is 1.59. The summed E-state index contributed by atoms with van der Waals surface area (Å²) in [5.41, 5.74) is 25.1. The Morgan fingerprint density at radius 2 is 1.03 bits per heavy atom. The fourth-order valence-electron chi connectivity index (χ4n) is 8.11. The van der Waals surface area contributed by atoms with Crippen LogP contribution in [0.4, 0.5) is 0 Å². The van der Waals surface area contributed by atoms with Gasteiger partial charge in [-0.1, -0.05) is 49.3 Å². The Hall–Kier alpha value is -3.42. The van der Waals surface area contributed by atoms with Gasteiger partial charge in [-0.05, 0) is 73.3 Å². The molecule has 0 aliphatic heterocycles. The van der Waals surface area contributed by atoms with Crippen LogP contribution in [0.1, 0.15) is 63.5 Å². The molecule has 2 fully saturated rings. The van der Waals surface area contributed by atoms with E-state index in [1.165, 1.54) is 0 Å². The number of carbonyl (C=O) groups excluding carboxylic acids is 4. The van der Waals surface area contributed by atoms with Crippen LogP contribution in [0, 0.1) is 21.7 Å². The second kappa shape index (κ2) is 7.54. The third-order valence-electron chi connectivity index (χ3n) is 9.90. The number of primary amides is 4. The van der Waals surface area contributed by atoms with Gasteiger partial charge in [0.05, 0.1) is 10.8 Å². The lowest BCUT2D eigenvalue weighted by Crippen LogP contribution is -2.40. The Morgan fingerprint density at radius 1 is 0.667 bits per heavy atom. The molecule has 36 heavy (non-hydrogen) atoms. The van der Waals surface area contributed by atoms with Crippen molar-refractivity contribution in [1.29, 1.82) is 0 Å². The van der Waals surface area contributed by atoms with Gasteiger partial charge in [0, 0.05) is 11.1 Å². The van der Waals surface area contributed by atoms with E-state index in [-0.39, 0.29) is 10.8 Å². The molecule has 190 valence electrons. The van der Waals surface area contributed by atoms with Crippen molar-refractivity contribution in [3.05, 3.63) is 57.7 Å². The van der Waals surface area contributed by atoms with E-state index < -0.39 is 34.5 Å². The summed E-state index contributed by atoms with van der Waals surface area (Å²) in [6, 6.07) is 7.85. The van der Waals surface area contributed by atoms with Crippen LogP contribution < -0.4 is 22.9 Å². The summed E-state index contributed by atoms with van der Waals surface area (Å²) in [7, 11) is 0. The average molecular weight is 491 g/mol. The summed E-state index contributed by atoms with van der Waals surface area (Å²) in [5.74, 6) is -2.17. The molecule has 4 aliphatic carbocycles. The van der Waals surface area contributed by atoms with Gasteiger partial charge >= 0.3 is 0 Å². The van der Waals surface area contributed by atoms with Gasteiger partial charge in [-0.3, -0.25) is 19.2 Å². The van der Waals surface area contributed by atoms with E-state index in [2.05, 4.69) is 13.8 Å². The topological polar surface area (TPSA) is 172 Å². The number of hydrogen-bond donors (Lipinski definition) is 4. The summed E-state index contributed by atoms with van der Waals surface area (Å²) >= 11 is 0. The molecule has 1 aromatic carbocycles. The number of carbonyl (C=O) groups is 4. The van der Waals surface area contributed by atoms with Crippen molar-refractivity contribution in [2.75, 3.05) is 0 Å². The summed E-state index contributed by atoms with van der Waals surface area (Å²) < 4.78 is 0. The minimum atomic E-state index is -1.00. The maximum Gasteiger partial charge on any atom is 0.245 e. The normalized spacial score (nSPS) is 34.5. The highest BCUT2D eigenvalue weighted by atomic mass is 16.2. The van der Waals surface area contributed by atoms with Crippen LogP contribution in [0.15, 0.2) is 46.6 Å². The molecular formula is C28H34N4O4. The van der Waals surface area contributed by atoms with Crippen molar-refractivity contribution in [1.82, 2.24) is 0 Å². The molecule has 4 unspecified atom stereocenters. The van der Waals surface area contributed by atoms with Crippen molar-refractivity contribution in [2.24, 2.45) is 44.6 Å². The lowest BCUT2D eigenvalue weighted by molar-refractivity contribution is -0.128. The molecule has 4 aliphatic rings. The molecule has 8 heteroatoms. The van der Waals surface area contributed by atoms with Gasteiger partial charge < -0.3 is 22.9 Å². The minimum absolute atomic E-state index is 0.335. The Morgan fingerprint density at radius 3 is 1.33 bits per heavy atom. The Bertz CT molecular complexity index is 1210. The van der Waals surface area contributed by atoms with Gasteiger partial charge in [0.25, 0.3) is 0 Å². The predicted molar refractivity (Wildman–Crippen MR) is 133 cm³/mol. The second-order valence-corrected chi connectivity index (χ2v) is 11.9. The van der Waals surface area contributed by atoms with Crippen LogP contribution in [-0.2, 0) is 32.0 Å². The highest BCUT2D eigenvalue weighted by Crippen LogP contribution is 2.66. The number of rotatable bonds is 8. The number of nitrogens with two attached hydrogens (primary N) is 4. The minimum Gasteiger partial charge on any atom is -0.369 e. The van der Waals surface area contributed by atoms with Crippen molar-refractivity contribution in [3.8, 4) is 0 Å². The van der Waals surface area contributed by atoms with Crippen molar-refractivity contribution >= 4 is 23.6 Å². The van der Waals surface area contributed by atoms with Gasteiger partial charge in [-0.2, -0.15) is 0 Å². The molecule has 8 nitrogen and oxygen atoms in total. The number of fused-ring (bicyclic) bond motifs is 4. The summed E-state index contributed by atoms with van der Waals surface area (Å²) in [6.45, 7) is 4.15. The van der Waals surface area contributed by atoms with Gasteiger partial charge in [0.2, 0.25) is 23.6 Å². The molecular weight excluding hydrogens is 456 g/mol. The lowest BCUT2D eigenvalue weighted by Gasteiger charge is -2.31. The highest BCUT2D eigenvalue weighted by Gasteiger charge is 2.62. The van der Waals surface area contributed by atoms with Gasteiger partial charge in [-0.25, -0.2) is 0 Å². The first kappa shape index (κ1) is 24.3. The average Bonchev–Trinajstić information content (AvgIpc) is 3.47. The molecule has 0 aromatic heterocycles. The molecule has 5 rings (SSSR count). The third-order valence-corrected chi connectivity index (χ3v) is 9.90. The summed E-state index contributed by atoms with van der Waals surface area (Å²) in [5, 5.41) is 0. The first-order valence-electron chi connectivity index (χ1n) is 12.5. The molecule has 1 aromatic rings. The van der Waals surface area contributed by atoms with Crippen LogP contribution >= 0.6 is 0 Å². The van der Waals surface area contributed by atoms with Crippen LogP contribution in [-0.4, -0.2) is 23.6 Å². The molecule has 8 N–H and O–H groups in total. The zero-order valence-electron chi connectivity index (χ0n) is 20.9. The van der Waals surface area contributed by atoms with Crippen molar-refractivity contribution in [3.63, 3.8) is 0 Å². The lowest BCUT2D eigenvalue weighted by atomic mass is 9.72. The monoisotopic (exact) mass is 490 g/mol. The quantitative estimate of drug-likeness (QED) is 0.434. The van der Waals surface area contributed by atoms with Crippen LogP contribution in [0.5, 0.6) is 0 Å². The molecule has 2 saturated carbocycles.